The molecule has 0 spiro atoms. The van der Waals surface area contributed by atoms with Crippen molar-refractivity contribution in [3.63, 3.8) is 0 Å². The van der Waals surface area contributed by atoms with Gasteiger partial charge in [0.1, 0.15) is 0 Å². The average molecular weight is 461 g/mol. The van der Waals surface area contributed by atoms with E-state index in [9.17, 15) is 0 Å². The summed E-state index contributed by atoms with van der Waals surface area (Å²) in [6.07, 6.45) is 4.06. The van der Waals surface area contributed by atoms with Crippen LogP contribution in [0.2, 0.25) is 0 Å². The van der Waals surface area contributed by atoms with Crippen molar-refractivity contribution in [2.75, 3.05) is 13.6 Å². The Morgan fingerprint density at radius 1 is 1.35 bits per heavy atom. The first-order valence-corrected chi connectivity index (χ1v) is 8.91. The lowest BCUT2D eigenvalue weighted by Gasteiger charge is -2.14. The predicted molar refractivity (Wildman–Crippen MR) is 109 cm³/mol. The van der Waals surface area contributed by atoms with Gasteiger partial charge >= 0.3 is 0 Å². The number of imidazole rings is 1. The maximum absolute atomic E-state index is 4.55. The standard InChI is InChI=1S/C15H19N5S2.HI/c1-11(13-4-3-6-21-13)8-17-14(16-2)18-9-12-10-20-5-7-22-15(20)19-12;/h3-7,10-11H,8-9H2,1-2H3,(H2,16,17,18);1H. The number of nitrogens with zero attached hydrogens (tertiary/aromatic N) is 3. The minimum Gasteiger partial charge on any atom is -0.356 e. The van der Waals surface area contributed by atoms with Crippen LogP contribution in [-0.2, 0) is 6.54 Å². The van der Waals surface area contributed by atoms with Crippen LogP contribution in [0.4, 0.5) is 0 Å². The summed E-state index contributed by atoms with van der Waals surface area (Å²) in [6.45, 7) is 3.75. The molecule has 0 aliphatic carbocycles. The third-order valence-corrected chi connectivity index (χ3v) is 5.28. The molecule has 3 aromatic rings. The Bertz CT molecular complexity index is 718. The smallest absolute Gasteiger partial charge is 0.193 e. The molecule has 0 radical (unpaired) electrons. The molecule has 3 rings (SSSR count). The molecule has 3 aromatic heterocycles. The van der Waals surface area contributed by atoms with Crippen molar-refractivity contribution in [2.45, 2.75) is 19.4 Å². The molecule has 0 bridgehead atoms. The van der Waals surface area contributed by atoms with Crippen molar-refractivity contribution >= 4 is 57.6 Å². The van der Waals surface area contributed by atoms with Crippen LogP contribution in [-0.4, -0.2) is 28.9 Å². The van der Waals surface area contributed by atoms with Crippen molar-refractivity contribution < 1.29 is 0 Å². The Hall–Kier alpha value is -1.13. The molecule has 0 aliphatic rings. The molecule has 1 unspecified atom stereocenters. The number of thiophene rings is 1. The van der Waals surface area contributed by atoms with Crippen molar-refractivity contribution in [1.29, 1.82) is 0 Å². The lowest BCUT2D eigenvalue weighted by atomic mass is 10.1. The molecule has 2 N–H and O–H groups in total. The van der Waals surface area contributed by atoms with E-state index in [1.807, 2.05) is 22.2 Å². The fraction of sp³-hybridized carbons (Fsp3) is 0.333. The number of guanidine groups is 1. The second-order valence-electron chi connectivity index (χ2n) is 5.05. The highest BCUT2D eigenvalue weighted by Crippen LogP contribution is 2.19. The van der Waals surface area contributed by atoms with Crippen molar-refractivity contribution in [3.8, 4) is 0 Å². The van der Waals surface area contributed by atoms with Crippen LogP contribution in [0.5, 0.6) is 0 Å². The molecule has 0 aromatic carbocycles. The normalized spacial score (nSPS) is 12.9. The van der Waals surface area contributed by atoms with Gasteiger partial charge in [-0.3, -0.25) is 9.39 Å². The van der Waals surface area contributed by atoms with Crippen molar-refractivity contribution in [3.05, 3.63) is 45.9 Å². The van der Waals surface area contributed by atoms with Crippen molar-refractivity contribution in [2.24, 2.45) is 4.99 Å². The molecule has 23 heavy (non-hydrogen) atoms. The molecule has 0 aliphatic heterocycles. The van der Waals surface area contributed by atoms with Gasteiger partial charge in [-0.2, -0.15) is 0 Å². The Labute approximate surface area is 160 Å². The zero-order valence-corrected chi connectivity index (χ0v) is 17.0. The Kier molecular flexibility index (Phi) is 6.85. The number of hydrogen-bond donors (Lipinski definition) is 2. The Morgan fingerprint density at radius 2 is 2.22 bits per heavy atom. The van der Waals surface area contributed by atoms with Crippen molar-refractivity contribution in [1.82, 2.24) is 20.0 Å². The SMILES string of the molecule is CN=C(NCc1cn2ccsc2n1)NCC(C)c1cccs1.I. The first kappa shape index (κ1) is 18.2. The molecule has 124 valence electrons. The molecule has 0 saturated heterocycles. The fourth-order valence-corrected chi connectivity index (χ4v) is 3.68. The quantitative estimate of drug-likeness (QED) is 0.347. The van der Waals surface area contributed by atoms with Gasteiger partial charge in [-0.25, -0.2) is 4.98 Å². The molecule has 3 heterocycles. The van der Waals surface area contributed by atoms with Crippen LogP contribution in [0.25, 0.3) is 4.96 Å². The minimum absolute atomic E-state index is 0. The monoisotopic (exact) mass is 461 g/mol. The second kappa shape index (κ2) is 8.65. The zero-order chi connectivity index (χ0) is 15.4. The van der Waals surface area contributed by atoms with E-state index in [1.165, 1.54) is 4.88 Å². The summed E-state index contributed by atoms with van der Waals surface area (Å²) in [6, 6.07) is 4.26. The topological polar surface area (TPSA) is 53.7 Å². The first-order valence-electron chi connectivity index (χ1n) is 7.15. The summed E-state index contributed by atoms with van der Waals surface area (Å²) in [7, 11) is 1.79. The van der Waals surface area contributed by atoms with Gasteiger partial charge < -0.3 is 10.6 Å². The van der Waals surface area contributed by atoms with Gasteiger partial charge in [0, 0.05) is 42.2 Å². The van der Waals surface area contributed by atoms with E-state index in [0.29, 0.717) is 12.5 Å². The number of aromatic nitrogens is 2. The molecule has 0 amide bonds. The van der Waals surface area contributed by atoms with Gasteiger partial charge in [-0.15, -0.1) is 46.7 Å². The number of rotatable bonds is 5. The second-order valence-corrected chi connectivity index (χ2v) is 6.90. The zero-order valence-electron chi connectivity index (χ0n) is 13.0. The van der Waals surface area contributed by atoms with E-state index in [0.717, 1.165) is 23.2 Å². The van der Waals surface area contributed by atoms with Crippen LogP contribution in [0, 0.1) is 0 Å². The van der Waals surface area contributed by atoms with Crippen LogP contribution in [0.15, 0.2) is 40.3 Å². The summed E-state index contributed by atoms with van der Waals surface area (Å²) in [5.74, 6) is 1.27. The molecule has 0 saturated carbocycles. The minimum atomic E-state index is 0. The number of hydrogen-bond acceptors (Lipinski definition) is 4. The van der Waals surface area contributed by atoms with E-state index < -0.39 is 0 Å². The lowest BCUT2D eigenvalue weighted by molar-refractivity contribution is 0.706. The van der Waals surface area contributed by atoms with E-state index in [4.69, 9.17) is 0 Å². The van der Waals surface area contributed by atoms with Crippen LogP contribution < -0.4 is 10.6 Å². The summed E-state index contributed by atoms with van der Waals surface area (Å²) in [5.41, 5.74) is 1.01. The number of fused-ring (bicyclic) bond motifs is 1. The lowest BCUT2D eigenvalue weighted by Crippen LogP contribution is -2.38. The summed E-state index contributed by atoms with van der Waals surface area (Å²) in [5, 5.41) is 10.8. The highest BCUT2D eigenvalue weighted by molar-refractivity contribution is 14.0. The Morgan fingerprint density at radius 3 is 2.91 bits per heavy atom. The number of thiazole rings is 1. The van der Waals surface area contributed by atoms with E-state index in [2.05, 4.69) is 45.0 Å². The van der Waals surface area contributed by atoms with E-state index in [-0.39, 0.29) is 24.0 Å². The molecule has 1 atom stereocenters. The maximum atomic E-state index is 4.55. The summed E-state index contributed by atoms with van der Waals surface area (Å²) in [4.78, 5) is 11.2. The van der Waals surface area contributed by atoms with E-state index >= 15 is 0 Å². The third-order valence-electron chi connectivity index (χ3n) is 3.41. The first-order chi connectivity index (χ1) is 10.8. The number of halogens is 1. The average Bonchev–Trinajstić information content (AvgIpc) is 3.23. The predicted octanol–water partition coefficient (Wildman–Crippen LogP) is 3.54. The third kappa shape index (κ3) is 4.67. The molecule has 5 nitrogen and oxygen atoms in total. The summed E-state index contributed by atoms with van der Waals surface area (Å²) < 4.78 is 2.04. The van der Waals surface area contributed by atoms with Gasteiger partial charge in [0.2, 0.25) is 0 Å². The van der Waals surface area contributed by atoms with Gasteiger partial charge in [-0.1, -0.05) is 13.0 Å². The van der Waals surface area contributed by atoms with Crippen LogP contribution in [0.3, 0.4) is 0 Å². The molecular formula is C15H20IN5S2. The highest BCUT2D eigenvalue weighted by atomic mass is 127. The number of aliphatic imine (C=N–C) groups is 1. The highest BCUT2D eigenvalue weighted by Gasteiger charge is 2.08. The fourth-order valence-electron chi connectivity index (χ4n) is 2.18. The molecule has 0 fully saturated rings. The molecule has 8 heteroatoms. The van der Waals surface area contributed by atoms with Gasteiger partial charge in [0.05, 0.1) is 12.2 Å². The summed E-state index contributed by atoms with van der Waals surface area (Å²) >= 11 is 3.43. The largest absolute Gasteiger partial charge is 0.356 e. The van der Waals surface area contributed by atoms with Gasteiger partial charge in [0.25, 0.3) is 0 Å². The maximum Gasteiger partial charge on any atom is 0.193 e. The Balaban J connectivity index is 0.00000192. The van der Waals surface area contributed by atoms with Gasteiger partial charge in [-0.05, 0) is 11.4 Å². The van der Waals surface area contributed by atoms with Crippen LogP contribution in [0.1, 0.15) is 23.4 Å². The van der Waals surface area contributed by atoms with Gasteiger partial charge in [0.15, 0.2) is 10.9 Å². The number of nitrogens with one attached hydrogen (secondary N) is 2. The molecular weight excluding hydrogens is 441 g/mol. The van der Waals surface area contributed by atoms with Crippen LogP contribution >= 0.6 is 46.7 Å². The van der Waals surface area contributed by atoms with E-state index in [1.54, 1.807) is 29.7 Å².